The quantitative estimate of drug-likeness (QED) is 0.568. The van der Waals surface area contributed by atoms with Crippen LogP contribution >= 0.6 is 0 Å². The average Bonchev–Trinajstić information content (AvgIpc) is 2.50. The van der Waals surface area contributed by atoms with E-state index in [1.54, 1.807) is 20.3 Å². The van der Waals surface area contributed by atoms with Crippen LogP contribution in [-0.2, 0) is 20.7 Å². The Labute approximate surface area is 120 Å². The van der Waals surface area contributed by atoms with E-state index in [9.17, 15) is 4.79 Å². The highest BCUT2D eigenvalue weighted by atomic mass is 16.6. The number of benzene rings is 1. The summed E-state index contributed by atoms with van der Waals surface area (Å²) in [5, 5.41) is 0. The molecule has 0 saturated carbocycles. The topological polar surface area (TPSA) is 44.8 Å². The maximum Gasteiger partial charge on any atom is 0.346 e. The van der Waals surface area contributed by atoms with E-state index in [4.69, 9.17) is 9.47 Å². The molecule has 110 valence electrons. The van der Waals surface area contributed by atoms with Gasteiger partial charge in [-0.1, -0.05) is 12.1 Å². The minimum atomic E-state index is -0.573. The summed E-state index contributed by atoms with van der Waals surface area (Å²) >= 11 is 0. The summed E-state index contributed by atoms with van der Waals surface area (Å²) in [5.74, 6) is 0.487. The van der Waals surface area contributed by atoms with Crippen molar-refractivity contribution in [2.75, 3.05) is 14.2 Å². The normalized spacial score (nSPS) is 12.7. The molecule has 0 amide bonds. The Balaban J connectivity index is 2.41. The number of esters is 1. The van der Waals surface area contributed by atoms with E-state index >= 15 is 0 Å². The standard InChI is InChI=1S/C16H22O4/c1-12(11-20-13(2)16(17)19-4)5-6-14-7-9-15(18-3)10-8-14/h7-11,13H,5-6H2,1-4H3. The lowest BCUT2D eigenvalue weighted by Gasteiger charge is -2.10. The molecule has 0 radical (unpaired) electrons. The zero-order chi connectivity index (χ0) is 15.0. The summed E-state index contributed by atoms with van der Waals surface area (Å²) in [5.41, 5.74) is 2.32. The first-order chi connectivity index (χ1) is 9.56. The predicted octanol–water partition coefficient (Wildman–Crippen LogP) is 3.11. The van der Waals surface area contributed by atoms with Crippen molar-refractivity contribution in [2.45, 2.75) is 32.8 Å². The Kier molecular flexibility index (Phi) is 6.64. The van der Waals surface area contributed by atoms with Gasteiger partial charge in [-0.05, 0) is 50.0 Å². The zero-order valence-corrected chi connectivity index (χ0v) is 12.5. The van der Waals surface area contributed by atoms with E-state index in [-0.39, 0.29) is 5.97 Å². The van der Waals surface area contributed by atoms with Gasteiger partial charge in [-0.3, -0.25) is 0 Å². The van der Waals surface area contributed by atoms with Gasteiger partial charge in [0.25, 0.3) is 0 Å². The molecule has 0 aromatic heterocycles. The summed E-state index contributed by atoms with van der Waals surface area (Å²) < 4.78 is 15.0. The molecule has 20 heavy (non-hydrogen) atoms. The molecule has 0 aliphatic rings. The van der Waals surface area contributed by atoms with Crippen molar-refractivity contribution in [3.63, 3.8) is 0 Å². The second kappa shape index (κ2) is 8.25. The molecule has 0 saturated heterocycles. The van der Waals surface area contributed by atoms with Gasteiger partial charge >= 0.3 is 5.97 Å². The first-order valence-corrected chi connectivity index (χ1v) is 6.58. The van der Waals surface area contributed by atoms with Crippen LogP contribution < -0.4 is 4.74 Å². The summed E-state index contributed by atoms with van der Waals surface area (Å²) in [6.07, 6.45) is 2.85. The van der Waals surface area contributed by atoms with Gasteiger partial charge in [-0.2, -0.15) is 0 Å². The molecule has 0 heterocycles. The van der Waals surface area contributed by atoms with Crippen LogP contribution in [0.2, 0.25) is 0 Å². The monoisotopic (exact) mass is 278 g/mol. The molecular formula is C16H22O4. The van der Waals surface area contributed by atoms with Crippen molar-refractivity contribution in [3.05, 3.63) is 41.7 Å². The Morgan fingerprint density at radius 1 is 1.25 bits per heavy atom. The Bertz CT molecular complexity index is 448. The maximum absolute atomic E-state index is 11.2. The van der Waals surface area contributed by atoms with E-state index in [0.29, 0.717) is 0 Å². The molecule has 0 N–H and O–H groups in total. The lowest BCUT2D eigenvalue weighted by atomic mass is 10.1. The van der Waals surface area contributed by atoms with Gasteiger partial charge in [0.1, 0.15) is 5.75 Å². The van der Waals surface area contributed by atoms with Gasteiger partial charge in [0.15, 0.2) is 6.10 Å². The number of hydrogen-bond acceptors (Lipinski definition) is 4. The van der Waals surface area contributed by atoms with Crippen molar-refractivity contribution in [3.8, 4) is 5.75 Å². The van der Waals surface area contributed by atoms with Crippen molar-refractivity contribution in [2.24, 2.45) is 0 Å². The number of carbonyl (C=O) groups is 1. The fraction of sp³-hybridized carbons (Fsp3) is 0.438. The van der Waals surface area contributed by atoms with Gasteiger partial charge < -0.3 is 14.2 Å². The number of carbonyl (C=O) groups excluding carboxylic acids is 1. The van der Waals surface area contributed by atoms with Crippen LogP contribution in [0.1, 0.15) is 25.8 Å². The third-order valence-corrected chi connectivity index (χ3v) is 2.97. The second-order valence-electron chi connectivity index (χ2n) is 4.61. The summed E-state index contributed by atoms with van der Waals surface area (Å²) in [7, 11) is 3.00. The van der Waals surface area contributed by atoms with E-state index < -0.39 is 6.10 Å². The fourth-order valence-electron chi connectivity index (χ4n) is 1.63. The Morgan fingerprint density at radius 3 is 2.45 bits per heavy atom. The molecule has 1 rings (SSSR count). The first kappa shape index (κ1) is 16.1. The first-order valence-electron chi connectivity index (χ1n) is 6.58. The predicted molar refractivity (Wildman–Crippen MR) is 77.6 cm³/mol. The van der Waals surface area contributed by atoms with Crippen LogP contribution in [0, 0.1) is 0 Å². The van der Waals surface area contributed by atoms with E-state index in [1.807, 2.05) is 31.2 Å². The number of aryl methyl sites for hydroxylation is 1. The Morgan fingerprint density at radius 2 is 1.90 bits per heavy atom. The molecule has 0 aliphatic heterocycles. The van der Waals surface area contributed by atoms with Crippen LogP contribution in [0.4, 0.5) is 0 Å². The van der Waals surface area contributed by atoms with Gasteiger partial charge in [-0.25, -0.2) is 4.79 Å². The molecule has 4 nitrogen and oxygen atoms in total. The number of hydrogen-bond donors (Lipinski definition) is 0. The van der Waals surface area contributed by atoms with Crippen molar-refractivity contribution >= 4 is 5.97 Å². The highest BCUT2D eigenvalue weighted by Gasteiger charge is 2.12. The van der Waals surface area contributed by atoms with Crippen LogP contribution in [-0.4, -0.2) is 26.3 Å². The van der Waals surface area contributed by atoms with E-state index in [0.717, 1.165) is 24.2 Å². The van der Waals surface area contributed by atoms with Gasteiger partial charge in [0.2, 0.25) is 0 Å². The number of methoxy groups -OCH3 is 2. The molecule has 4 heteroatoms. The molecule has 1 aromatic carbocycles. The van der Waals surface area contributed by atoms with E-state index in [1.165, 1.54) is 12.7 Å². The molecule has 1 atom stereocenters. The summed E-state index contributed by atoms with van der Waals surface area (Å²) in [6, 6.07) is 7.99. The molecule has 0 bridgehead atoms. The minimum Gasteiger partial charge on any atom is -0.497 e. The Hall–Kier alpha value is -1.97. The molecular weight excluding hydrogens is 256 g/mol. The number of allylic oxidation sites excluding steroid dienone is 1. The lowest BCUT2D eigenvalue weighted by molar-refractivity contribution is -0.149. The van der Waals surface area contributed by atoms with Gasteiger partial charge in [0, 0.05) is 0 Å². The van der Waals surface area contributed by atoms with Crippen molar-refractivity contribution < 1.29 is 19.0 Å². The third kappa shape index (κ3) is 5.34. The highest BCUT2D eigenvalue weighted by molar-refractivity contribution is 5.74. The largest absolute Gasteiger partial charge is 0.497 e. The highest BCUT2D eigenvalue weighted by Crippen LogP contribution is 2.14. The average molecular weight is 278 g/mol. The van der Waals surface area contributed by atoms with Gasteiger partial charge in [0.05, 0.1) is 20.5 Å². The van der Waals surface area contributed by atoms with Crippen molar-refractivity contribution in [1.29, 1.82) is 0 Å². The molecule has 0 aliphatic carbocycles. The van der Waals surface area contributed by atoms with Crippen molar-refractivity contribution in [1.82, 2.24) is 0 Å². The molecule has 0 fully saturated rings. The number of rotatable bonds is 7. The molecule has 1 unspecified atom stereocenters. The molecule has 1 aromatic rings. The van der Waals surface area contributed by atoms with Crippen LogP contribution in [0.3, 0.4) is 0 Å². The third-order valence-electron chi connectivity index (χ3n) is 2.97. The number of ether oxygens (including phenoxy) is 3. The summed E-state index contributed by atoms with van der Waals surface area (Å²) in [6.45, 7) is 3.65. The van der Waals surface area contributed by atoms with Gasteiger partial charge in [-0.15, -0.1) is 0 Å². The van der Waals surface area contributed by atoms with E-state index in [2.05, 4.69) is 4.74 Å². The van der Waals surface area contributed by atoms with Crippen LogP contribution in [0.15, 0.2) is 36.1 Å². The second-order valence-corrected chi connectivity index (χ2v) is 4.61. The maximum atomic E-state index is 11.2. The smallest absolute Gasteiger partial charge is 0.346 e. The lowest BCUT2D eigenvalue weighted by Crippen LogP contribution is -2.19. The molecule has 0 spiro atoms. The SMILES string of the molecule is COC(=O)C(C)OC=C(C)CCc1ccc(OC)cc1. The fourth-order valence-corrected chi connectivity index (χ4v) is 1.63. The van der Waals surface area contributed by atoms with Crippen LogP contribution in [0.5, 0.6) is 5.75 Å². The zero-order valence-electron chi connectivity index (χ0n) is 12.5. The summed E-state index contributed by atoms with van der Waals surface area (Å²) in [4.78, 5) is 11.2. The minimum absolute atomic E-state index is 0.371. The van der Waals surface area contributed by atoms with Crippen LogP contribution in [0.25, 0.3) is 0 Å².